The van der Waals surface area contributed by atoms with Crippen molar-refractivity contribution in [2.75, 3.05) is 36.6 Å². The third-order valence-electron chi connectivity index (χ3n) is 3.01. The van der Waals surface area contributed by atoms with E-state index in [1.54, 1.807) is 6.20 Å². The second-order valence-corrected chi connectivity index (χ2v) is 4.22. The maximum Gasteiger partial charge on any atom is 0.245 e. The molecular weight excluding hydrogens is 246 g/mol. The molecule has 2 heterocycles. The molecule has 0 radical (unpaired) electrons. The molecule has 1 saturated heterocycles. The molecule has 7 heteroatoms. The topological polar surface area (TPSA) is 92.5 Å². The molecule has 7 nitrogen and oxygen atoms in total. The van der Waals surface area contributed by atoms with E-state index in [2.05, 4.69) is 15.7 Å². The number of hydrogen-bond acceptors (Lipinski definition) is 6. The van der Waals surface area contributed by atoms with Crippen LogP contribution in [0, 0.1) is 0 Å². The number of hydrazine groups is 1. The third kappa shape index (κ3) is 3.12. The fourth-order valence-corrected chi connectivity index (χ4v) is 2.10. The van der Waals surface area contributed by atoms with E-state index in [0.29, 0.717) is 32.1 Å². The highest BCUT2D eigenvalue weighted by Crippen LogP contribution is 2.21. The molecule has 104 valence electrons. The molecular formula is C12H19N5O2. The Labute approximate surface area is 112 Å². The van der Waals surface area contributed by atoms with Crippen molar-refractivity contribution in [3.05, 3.63) is 18.3 Å². The van der Waals surface area contributed by atoms with Crippen LogP contribution in [-0.2, 0) is 9.53 Å². The molecule has 1 atom stereocenters. The Bertz CT molecular complexity index is 440. The molecule has 1 aromatic rings. The quantitative estimate of drug-likeness (QED) is 0.512. The minimum Gasteiger partial charge on any atom is -0.377 e. The van der Waals surface area contributed by atoms with Gasteiger partial charge in [0.2, 0.25) is 5.91 Å². The Morgan fingerprint density at radius 2 is 2.53 bits per heavy atom. The molecule has 1 fully saturated rings. The van der Waals surface area contributed by atoms with Crippen LogP contribution in [0.1, 0.15) is 6.92 Å². The van der Waals surface area contributed by atoms with Crippen LogP contribution in [-0.4, -0.2) is 43.2 Å². The summed E-state index contributed by atoms with van der Waals surface area (Å²) >= 11 is 0. The maximum absolute atomic E-state index is 12.0. The second-order valence-electron chi connectivity index (χ2n) is 4.22. The molecule has 1 amide bonds. The first-order valence-corrected chi connectivity index (χ1v) is 6.31. The molecule has 1 unspecified atom stereocenters. The van der Waals surface area contributed by atoms with Gasteiger partial charge in [0.05, 0.1) is 13.2 Å². The molecule has 0 bridgehead atoms. The summed E-state index contributed by atoms with van der Waals surface area (Å²) in [4.78, 5) is 18.1. The molecule has 1 aliphatic heterocycles. The van der Waals surface area contributed by atoms with E-state index in [9.17, 15) is 4.79 Å². The first-order valence-electron chi connectivity index (χ1n) is 6.31. The van der Waals surface area contributed by atoms with Crippen LogP contribution in [0.5, 0.6) is 0 Å². The van der Waals surface area contributed by atoms with Crippen LogP contribution < -0.4 is 21.5 Å². The number of nitrogens with zero attached hydrogens (tertiary/aromatic N) is 2. The number of carbonyl (C=O) groups is 1. The minimum absolute atomic E-state index is 0.0266. The third-order valence-corrected chi connectivity index (χ3v) is 3.01. The van der Waals surface area contributed by atoms with Gasteiger partial charge in [-0.2, -0.15) is 0 Å². The highest BCUT2D eigenvalue weighted by molar-refractivity contribution is 5.85. The van der Waals surface area contributed by atoms with Crippen LogP contribution >= 0.6 is 0 Å². The number of rotatable bonds is 4. The molecule has 0 aromatic carbocycles. The number of amides is 1. The van der Waals surface area contributed by atoms with Crippen LogP contribution in [0.3, 0.4) is 0 Å². The fraction of sp³-hybridized carbons (Fsp3) is 0.500. The van der Waals surface area contributed by atoms with Crippen LogP contribution in [0.25, 0.3) is 0 Å². The van der Waals surface area contributed by atoms with Gasteiger partial charge in [-0.1, -0.05) is 0 Å². The van der Waals surface area contributed by atoms with Gasteiger partial charge in [-0.15, -0.1) is 0 Å². The standard InChI is InChI=1S/C12H19N5O2/c1-2-14-12(18)10-8-19-6-5-17(10)9-3-4-15-11(7-9)16-13/h3-4,7,10H,2,5-6,8,13H2,1H3,(H,14,18)(H,15,16). The summed E-state index contributed by atoms with van der Waals surface area (Å²) in [6.45, 7) is 4.16. The van der Waals surface area contributed by atoms with Crippen molar-refractivity contribution in [2.45, 2.75) is 13.0 Å². The highest BCUT2D eigenvalue weighted by atomic mass is 16.5. The monoisotopic (exact) mass is 265 g/mol. The second kappa shape index (κ2) is 6.35. The van der Waals surface area contributed by atoms with E-state index in [-0.39, 0.29) is 11.9 Å². The number of anilines is 2. The number of nitrogens with two attached hydrogens (primary N) is 1. The van der Waals surface area contributed by atoms with E-state index in [4.69, 9.17) is 10.6 Å². The Morgan fingerprint density at radius 3 is 3.26 bits per heavy atom. The van der Waals surface area contributed by atoms with Gasteiger partial charge in [0.1, 0.15) is 11.9 Å². The summed E-state index contributed by atoms with van der Waals surface area (Å²) in [7, 11) is 0. The number of nitrogen functional groups attached to an aromatic ring is 1. The van der Waals surface area contributed by atoms with E-state index in [1.807, 2.05) is 24.0 Å². The molecule has 1 aromatic heterocycles. The van der Waals surface area contributed by atoms with E-state index >= 15 is 0 Å². The van der Waals surface area contributed by atoms with Gasteiger partial charge in [0, 0.05) is 31.0 Å². The van der Waals surface area contributed by atoms with Crippen molar-refractivity contribution in [1.29, 1.82) is 0 Å². The lowest BCUT2D eigenvalue weighted by atomic mass is 10.2. The average Bonchev–Trinajstić information content (AvgIpc) is 2.47. The molecule has 4 N–H and O–H groups in total. The zero-order chi connectivity index (χ0) is 13.7. The average molecular weight is 265 g/mol. The van der Waals surface area contributed by atoms with Gasteiger partial charge < -0.3 is 20.4 Å². The Balaban J connectivity index is 2.20. The molecule has 0 saturated carbocycles. The first kappa shape index (κ1) is 13.6. The fourth-order valence-electron chi connectivity index (χ4n) is 2.10. The zero-order valence-electron chi connectivity index (χ0n) is 10.9. The van der Waals surface area contributed by atoms with Gasteiger partial charge in [0.15, 0.2) is 0 Å². The minimum atomic E-state index is -0.318. The van der Waals surface area contributed by atoms with Crippen molar-refractivity contribution in [3.8, 4) is 0 Å². The zero-order valence-corrected chi connectivity index (χ0v) is 10.9. The van der Waals surface area contributed by atoms with Crippen molar-refractivity contribution in [2.24, 2.45) is 5.84 Å². The maximum atomic E-state index is 12.0. The highest BCUT2D eigenvalue weighted by Gasteiger charge is 2.29. The number of hydrogen-bond donors (Lipinski definition) is 3. The summed E-state index contributed by atoms with van der Waals surface area (Å²) in [5, 5.41) is 2.83. The number of morpholine rings is 1. The van der Waals surface area contributed by atoms with Gasteiger partial charge in [-0.25, -0.2) is 10.8 Å². The molecule has 2 rings (SSSR count). The smallest absolute Gasteiger partial charge is 0.245 e. The summed E-state index contributed by atoms with van der Waals surface area (Å²) < 4.78 is 5.40. The molecule has 0 aliphatic carbocycles. The Kier molecular flexibility index (Phi) is 4.53. The first-order chi connectivity index (χ1) is 9.26. The number of ether oxygens (including phenoxy) is 1. The van der Waals surface area contributed by atoms with Crippen LogP contribution in [0.2, 0.25) is 0 Å². The summed E-state index contributed by atoms with van der Waals surface area (Å²) in [6.07, 6.45) is 1.66. The van der Waals surface area contributed by atoms with E-state index < -0.39 is 0 Å². The molecule has 0 spiro atoms. The lowest BCUT2D eigenvalue weighted by Gasteiger charge is -2.36. The van der Waals surface area contributed by atoms with Crippen molar-refractivity contribution >= 4 is 17.4 Å². The number of likely N-dealkylation sites (N-methyl/N-ethyl adjacent to an activating group) is 1. The summed E-state index contributed by atoms with van der Waals surface area (Å²) in [5.41, 5.74) is 3.41. The van der Waals surface area contributed by atoms with Gasteiger partial charge in [-0.3, -0.25) is 4.79 Å². The number of aromatic nitrogens is 1. The Morgan fingerprint density at radius 1 is 1.68 bits per heavy atom. The van der Waals surface area contributed by atoms with Crippen molar-refractivity contribution in [1.82, 2.24) is 10.3 Å². The summed E-state index contributed by atoms with van der Waals surface area (Å²) in [5.74, 6) is 5.90. The van der Waals surface area contributed by atoms with E-state index in [1.165, 1.54) is 0 Å². The normalized spacial score (nSPS) is 19.1. The number of carbonyl (C=O) groups excluding carboxylic acids is 1. The van der Waals surface area contributed by atoms with Crippen molar-refractivity contribution in [3.63, 3.8) is 0 Å². The summed E-state index contributed by atoms with van der Waals surface area (Å²) in [6, 6.07) is 3.36. The Hall–Kier alpha value is -1.86. The molecule has 19 heavy (non-hydrogen) atoms. The number of pyridine rings is 1. The lowest BCUT2D eigenvalue weighted by molar-refractivity contribution is -0.124. The lowest BCUT2D eigenvalue weighted by Crippen LogP contribution is -2.54. The van der Waals surface area contributed by atoms with Gasteiger partial charge >= 0.3 is 0 Å². The van der Waals surface area contributed by atoms with Gasteiger partial charge in [0.25, 0.3) is 0 Å². The predicted octanol–water partition coefficient (Wildman–Crippen LogP) is -0.291. The molecule has 1 aliphatic rings. The largest absolute Gasteiger partial charge is 0.377 e. The van der Waals surface area contributed by atoms with E-state index in [0.717, 1.165) is 5.69 Å². The van der Waals surface area contributed by atoms with Crippen molar-refractivity contribution < 1.29 is 9.53 Å². The number of nitrogens with one attached hydrogen (secondary N) is 2. The van der Waals surface area contributed by atoms with Crippen LogP contribution in [0.15, 0.2) is 18.3 Å². The SMILES string of the molecule is CCNC(=O)C1COCCN1c1ccnc(NN)c1. The van der Waals surface area contributed by atoms with Crippen LogP contribution in [0.4, 0.5) is 11.5 Å². The van der Waals surface area contributed by atoms with Gasteiger partial charge in [-0.05, 0) is 13.0 Å². The predicted molar refractivity (Wildman–Crippen MR) is 72.7 cm³/mol.